The van der Waals surface area contributed by atoms with Crippen LogP contribution in [-0.4, -0.2) is 39.2 Å². The van der Waals surface area contributed by atoms with Crippen molar-refractivity contribution in [2.24, 2.45) is 0 Å². The van der Waals surface area contributed by atoms with E-state index >= 15 is 0 Å². The van der Waals surface area contributed by atoms with E-state index < -0.39 is 10.0 Å². The van der Waals surface area contributed by atoms with Gasteiger partial charge in [0.15, 0.2) is 11.5 Å². The number of sulfonamides is 1. The number of nitrogens with zero attached hydrogens (tertiary/aromatic N) is 2. The van der Waals surface area contributed by atoms with Crippen LogP contribution in [0.3, 0.4) is 0 Å². The van der Waals surface area contributed by atoms with Gasteiger partial charge in [-0.3, -0.25) is 4.98 Å². The Morgan fingerprint density at radius 1 is 1.15 bits per heavy atom. The molecule has 3 rings (SSSR count). The van der Waals surface area contributed by atoms with Gasteiger partial charge in [0.1, 0.15) is 5.01 Å². The van der Waals surface area contributed by atoms with Gasteiger partial charge in [0.2, 0.25) is 10.0 Å². The van der Waals surface area contributed by atoms with Gasteiger partial charge in [-0.2, -0.15) is 0 Å². The number of hydrogen-bond acceptors (Lipinski definition) is 7. The lowest BCUT2D eigenvalue weighted by Gasteiger charge is -2.10. The Kier molecular flexibility index (Phi) is 6.04. The Bertz CT molecular complexity index is 1000. The van der Waals surface area contributed by atoms with Crippen LogP contribution in [0.4, 0.5) is 0 Å². The first kappa shape index (κ1) is 19.3. The Labute approximate surface area is 162 Å². The number of aromatic nitrogens is 2. The van der Waals surface area contributed by atoms with Crippen LogP contribution in [0.15, 0.2) is 53.0 Å². The Hall–Kier alpha value is -2.49. The smallest absolute Gasteiger partial charge is 0.240 e. The molecule has 0 saturated carbocycles. The molecule has 0 radical (unpaired) electrons. The van der Waals surface area contributed by atoms with Crippen LogP contribution >= 0.6 is 11.3 Å². The predicted molar refractivity (Wildman–Crippen MR) is 104 cm³/mol. The molecule has 0 amide bonds. The summed E-state index contributed by atoms with van der Waals surface area (Å²) >= 11 is 1.51. The van der Waals surface area contributed by atoms with Crippen LogP contribution in [0.5, 0.6) is 11.5 Å². The molecule has 0 unspecified atom stereocenters. The molecule has 1 aromatic carbocycles. The van der Waals surface area contributed by atoms with Crippen LogP contribution in [0, 0.1) is 0 Å². The number of nitrogens with one attached hydrogen (secondary N) is 1. The van der Waals surface area contributed by atoms with Crippen molar-refractivity contribution in [2.75, 3.05) is 20.8 Å². The number of rotatable bonds is 8. The molecule has 2 aromatic heterocycles. The second-order valence-electron chi connectivity index (χ2n) is 5.55. The van der Waals surface area contributed by atoms with E-state index in [1.165, 1.54) is 37.7 Å². The number of pyridine rings is 1. The minimum Gasteiger partial charge on any atom is -0.493 e. The lowest BCUT2D eigenvalue weighted by Crippen LogP contribution is -2.26. The summed E-state index contributed by atoms with van der Waals surface area (Å²) in [6.07, 6.45) is 3.95. The summed E-state index contributed by atoms with van der Waals surface area (Å²) < 4.78 is 37.8. The van der Waals surface area contributed by atoms with Crippen LogP contribution in [-0.2, 0) is 16.4 Å². The predicted octanol–water partition coefficient (Wildman–Crippen LogP) is 2.74. The van der Waals surface area contributed by atoms with Crippen molar-refractivity contribution >= 4 is 21.4 Å². The van der Waals surface area contributed by atoms with E-state index in [2.05, 4.69) is 14.7 Å². The minimum absolute atomic E-state index is 0.120. The second-order valence-corrected chi connectivity index (χ2v) is 8.18. The maximum atomic E-state index is 12.5. The Balaban J connectivity index is 1.64. The van der Waals surface area contributed by atoms with Gasteiger partial charge >= 0.3 is 0 Å². The molecule has 0 aliphatic carbocycles. The average Bonchev–Trinajstić information content (AvgIpc) is 3.17. The molecule has 142 valence electrons. The molecule has 0 aliphatic heterocycles. The summed E-state index contributed by atoms with van der Waals surface area (Å²) in [5, 5.41) is 2.79. The minimum atomic E-state index is -3.65. The third-order valence-electron chi connectivity index (χ3n) is 3.80. The second kappa shape index (κ2) is 8.47. The van der Waals surface area contributed by atoms with Gasteiger partial charge in [0.25, 0.3) is 0 Å². The van der Waals surface area contributed by atoms with Gasteiger partial charge in [-0.15, -0.1) is 11.3 Å². The third-order valence-corrected chi connectivity index (χ3v) is 6.20. The molecular weight excluding hydrogens is 386 g/mol. The zero-order valence-corrected chi connectivity index (χ0v) is 16.5. The van der Waals surface area contributed by atoms with Crippen LogP contribution in [0.2, 0.25) is 0 Å². The monoisotopic (exact) mass is 405 g/mol. The maximum Gasteiger partial charge on any atom is 0.240 e. The van der Waals surface area contributed by atoms with Gasteiger partial charge in [-0.05, 0) is 24.3 Å². The average molecular weight is 406 g/mol. The van der Waals surface area contributed by atoms with Crippen molar-refractivity contribution in [1.82, 2.24) is 14.7 Å². The SMILES string of the molecule is COc1ccc(S(=O)(=O)NCCc2csc(-c3cccnc3)n2)cc1OC. The first-order valence-electron chi connectivity index (χ1n) is 8.10. The van der Waals surface area contributed by atoms with Gasteiger partial charge in [-0.25, -0.2) is 18.1 Å². The summed E-state index contributed by atoms with van der Waals surface area (Å²) in [6.45, 7) is 0.243. The number of benzene rings is 1. The summed E-state index contributed by atoms with van der Waals surface area (Å²) in [6, 6.07) is 8.27. The molecule has 0 atom stereocenters. The molecule has 0 saturated heterocycles. The highest BCUT2D eigenvalue weighted by molar-refractivity contribution is 7.89. The molecule has 27 heavy (non-hydrogen) atoms. The van der Waals surface area contributed by atoms with E-state index in [1.807, 2.05) is 17.5 Å². The van der Waals surface area contributed by atoms with Crippen molar-refractivity contribution < 1.29 is 17.9 Å². The van der Waals surface area contributed by atoms with E-state index in [0.717, 1.165) is 16.3 Å². The van der Waals surface area contributed by atoms with E-state index in [1.54, 1.807) is 18.5 Å². The molecule has 0 fully saturated rings. The molecule has 1 N–H and O–H groups in total. The van der Waals surface area contributed by atoms with Crippen LogP contribution < -0.4 is 14.2 Å². The zero-order chi connectivity index (χ0) is 19.3. The first-order valence-corrected chi connectivity index (χ1v) is 10.5. The van der Waals surface area contributed by atoms with Crippen molar-refractivity contribution in [1.29, 1.82) is 0 Å². The number of methoxy groups -OCH3 is 2. The van der Waals surface area contributed by atoms with Gasteiger partial charge in [0.05, 0.1) is 24.8 Å². The van der Waals surface area contributed by atoms with Gasteiger partial charge in [0, 0.05) is 42.4 Å². The lowest BCUT2D eigenvalue weighted by molar-refractivity contribution is 0.354. The molecule has 9 heteroatoms. The quantitative estimate of drug-likeness (QED) is 0.620. The topological polar surface area (TPSA) is 90.4 Å². The molecule has 2 heterocycles. The Morgan fingerprint density at radius 2 is 1.96 bits per heavy atom. The number of hydrogen-bond donors (Lipinski definition) is 1. The first-order chi connectivity index (χ1) is 13.0. The van der Waals surface area contributed by atoms with Crippen LogP contribution in [0.25, 0.3) is 10.6 Å². The van der Waals surface area contributed by atoms with E-state index in [4.69, 9.17) is 9.47 Å². The molecule has 0 spiro atoms. The fraction of sp³-hybridized carbons (Fsp3) is 0.222. The van der Waals surface area contributed by atoms with Crippen LogP contribution in [0.1, 0.15) is 5.69 Å². The fourth-order valence-corrected chi connectivity index (χ4v) is 4.32. The van der Waals surface area contributed by atoms with E-state index in [9.17, 15) is 8.42 Å². The molecule has 3 aromatic rings. The highest BCUT2D eigenvalue weighted by atomic mass is 32.2. The summed E-state index contributed by atoms with van der Waals surface area (Å²) in [5.74, 6) is 0.836. The normalized spacial score (nSPS) is 11.3. The van der Waals surface area contributed by atoms with Crippen molar-refractivity contribution in [2.45, 2.75) is 11.3 Å². The molecule has 0 bridgehead atoms. The maximum absolute atomic E-state index is 12.5. The summed E-state index contributed by atoms with van der Waals surface area (Å²) in [4.78, 5) is 8.73. The zero-order valence-electron chi connectivity index (χ0n) is 14.9. The molecule has 7 nitrogen and oxygen atoms in total. The summed E-state index contributed by atoms with van der Waals surface area (Å²) in [7, 11) is -0.693. The van der Waals surface area contributed by atoms with Gasteiger partial charge in [-0.1, -0.05) is 0 Å². The summed E-state index contributed by atoms with van der Waals surface area (Å²) in [5.41, 5.74) is 1.77. The largest absolute Gasteiger partial charge is 0.493 e. The Morgan fingerprint density at radius 3 is 2.67 bits per heavy atom. The standard InChI is InChI=1S/C18H19N3O4S2/c1-24-16-6-5-15(10-17(16)25-2)27(22,23)20-9-7-14-12-26-18(21-14)13-4-3-8-19-11-13/h3-6,8,10-12,20H,7,9H2,1-2H3. The highest BCUT2D eigenvalue weighted by Gasteiger charge is 2.17. The lowest BCUT2D eigenvalue weighted by atomic mass is 10.3. The van der Waals surface area contributed by atoms with Crippen molar-refractivity contribution in [3.63, 3.8) is 0 Å². The molecular formula is C18H19N3O4S2. The fourth-order valence-electron chi connectivity index (χ4n) is 2.42. The number of thiazole rings is 1. The van der Waals surface area contributed by atoms with E-state index in [-0.39, 0.29) is 11.4 Å². The van der Waals surface area contributed by atoms with Gasteiger partial charge < -0.3 is 9.47 Å². The molecule has 0 aliphatic rings. The number of ether oxygens (including phenoxy) is 2. The highest BCUT2D eigenvalue weighted by Crippen LogP contribution is 2.29. The third kappa shape index (κ3) is 4.62. The van der Waals surface area contributed by atoms with Crippen molar-refractivity contribution in [3.05, 3.63) is 53.8 Å². The van der Waals surface area contributed by atoms with E-state index in [0.29, 0.717) is 17.9 Å². The van der Waals surface area contributed by atoms with Crippen molar-refractivity contribution in [3.8, 4) is 22.1 Å².